The van der Waals surface area contributed by atoms with Gasteiger partial charge >= 0.3 is 0 Å². The number of hydrogen-bond donors (Lipinski definition) is 2. The van der Waals surface area contributed by atoms with Crippen LogP contribution < -0.4 is 5.32 Å². The standard InChI is InChI=1S/C16H21NO2S/c18-14(16(19)8-10-20-11-9-16)17-12-15(6-7-15)13-4-2-1-3-5-13/h1-5,19H,6-12H2,(H,17,18). The third-order valence-electron chi connectivity index (χ3n) is 4.57. The largest absolute Gasteiger partial charge is 0.380 e. The average Bonchev–Trinajstić information content (AvgIpc) is 3.28. The fourth-order valence-electron chi connectivity index (χ4n) is 2.86. The molecular formula is C16H21NO2S. The molecule has 1 saturated heterocycles. The summed E-state index contributed by atoms with van der Waals surface area (Å²) in [6, 6.07) is 10.4. The summed E-state index contributed by atoms with van der Waals surface area (Å²) in [5, 5.41) is 13.4. The zero-order chi connectivity index (χ0) is 14.1. The molecule has 20 heavy (non-hydrogen) atoms. The predicted octanol–water partition coefficient (Wildman–Crippen LogP) is 2.09. The first kappa shape index (κ1) is 14.0. The highest BCUT2D eigenvalue weighted by Crippen LogP contribution is 2.47. The molecule has 0 radical (unpaired) electrons. The molecule has 1 aliphatic heterocycles. The maximum atomic E-state index is 12.3. The van der Waals surface area contributed by atoms with Crippen LogP contribution in [0.15, 0.2) is 30.3 Å². The number of thioether (sulfide) groups is 1. The molecule has 4 heteroatoms. The van der Waals surface area contributed by atoms with Gasteiger partial charge in [0.15, 0.2) is 0 Å². The third-order valence-corrected chi connectivity index (χ3v) is 5.56. The lowest BCUT2D eigenvalue weighted by Crippen LogP contribution is -2.50. The van der Waals surface area contributed by atoms with Gasteiger partial charge in [-0.25, -0.2) is 0 Å². The van der Waals surface area contributed by atoms with Crippen molar-refractivity contribution in [3.8, 4) is 0 Å². The van der Waals surface area contributed by atoms with Gasteiger partial charge in [-0.3, -0.25) is 4.79 Å². The number of carbonyl (C=O) groups is 1. The smallest absolute Gasteiger partial charge is 0.252 e. The van der Waals surface area contributed by atoms with E-state index in [-0.39, 0.29) is 11.3 Å². The minimum atomic E-state index is -1.14. The molecule has 2 aliphatic rings. The summed E-state index contributed by atoms with van der Waals surface area (Å²) in [6.45, 7) is 0.644. The molecule has 2 fully saturated rings. The van der Waals surface area contributed by atoms with Crippen LogP contribution >= 0.6 is 11.8 Å². The Balaban J connectivity index is 1.61. The molecule has 1 saturated carbocycles. The van der Waals surface area contributed by atoms with E-state index < -0.39 is 5.60 Å². The van der Waals surface area contributed by atoms with Crippen molar-refractivity contribution in [2.24, 2.45) is 0 Å². The SMILES string of the molecule is O=C(NCC1(c2ccccc2)CC1)C1(O)CCSCC1. The van der Waals surface area contributed by atoms with Crippen molar-refractivity contribution >= 4 is 17.7 Å². The molecule has 108 valence electrons. The summed E-state index contributed by atoms with van der Waals surface area (Å²) < 4.78 is 0. The lowest BCUT2D eigenvalue weighted by molar-refractivity contribution is -0.140. The van der Waals surface area contributed by atoms with E-state index in [0.29, 0.717) is 19.4 Å². The highest BCUT2D eigenvalue weighted by atomic mass is 32.2. The second-order valence-corrected chi connectivity index (χ2v) is 7.20. The van der Waals surface area contributed by atoms with Crippen molar-refractivity contribution < 1.29 is 9.90 Å². The van der Waals surface area contributed by atoms with E-state index in [1.54, 1.807) is 0 Å². The summed E-state index contributed by atoms with van der Waals surface area (Å²) >= 11 is 1.81. The molecule has 1 aliphatic carbocycles. The Morgan fingerprint density at radius 1 is 1.15 bits per heavy atom. The molecule has 1 aromatic rings. The lowest BCUT2D eigenvalue weighted by atomic mass is 9.93. The highest BCUT2D eigenvalue weighted by Gasteiger charge is 2.45. The Bertz CT molecular complexity index is 479. The third kappa shape index (κ3) is 2.72. The Labute approximate surface area is 124 Å². The molecular weight excluding hydrogens is 270 g/mol. The van der Waals surface area contributed by atoms with Gasteiger partial charge in [-0.1, -0.05) is 30.3 Å². The van der Waals surface area contributed by atoms with Crippen LogP contribution in [0.2, 0.25) is 0 Å². The summed E-state index contributed by atoms with van der Waals surface area (Å²) in [5.74, 6) is 1.56. The zero-order valence-electron chi connectivity index (χ0n) is 11.6. The van der Waals surface area contributed by atoms with Gasteiger partial charge in [0.25, 0.3) is 5.91 Å². The van der Waals surface area contributed by atoms with Crippen molar-refractivity contribution in [3.63, 3.8) is 0 Å². The normalized spacial score (nSPS) is 23.1. The maximum Gasteiger partial charge on any atom is 0.252 e. The minimum absolute atomic E-state index is 0.108. The van der Waals surface area contributed by atoms with E-state index in [1.807, 2.05) is 30.0 Å². The van der Waals surface area contributed by atoms with Crippen molar-refractivity contribution in [2.45, 2.75) is 36.7 Å². The Hall–Kier alpha value is -1.00. The van der Waals surface area contributed by atoms with Crippen molar-refractivity contribution in [2.75, 3.05) is 18.1 Å². The van der Waals surface area contributed by atoms with Crippen LogP contribution in [-0.2, 0) is 10.2 Å². The van der Waals surface area contributed by atoms with Crippen molar-refractivity contribution in [3.05, 3.63) is 35.9 Å². The fourth-order valence-corrected chi connectivity index (χ4v) is 4.03. The summed E-state index contributed by atoms with van der Waals surface area (Å²) in [7, 11) is 0. The molecule has 0 unspecified atom stereocenters. The first-order chi connectivity index (χ1) is 9.65. The van der Waals surface area contributed by atoms with E-state index in [1.165, 1.54) is 5.56 Å². The van der Waals surface area contributed by atoms with Gasteiger partial charge in [-0.2, -0.15) is 11.8 Å². The molecule has 1 aromatic carbocycles. The molecule has 0 bridgehead atoms. The van der Waals surface area contributed by atoms with Gasteiger partial charge < -0.3 is 10.4 Å². The Morgan fingerprint density at radius 3 is 2.40 bits per heavy atom. The molecule has 2 N–H and O–H groups in total. The zero-order valence-corrected chi connectivity index (χ0v) is 12.4. The lowest BCUT2D eigenvalue weighted by Gasteiger charge is -2.31. The van der Waals surface area contributed by atoms with E-state index in [9.17, 15) is 9.90 Å². The number of nitrogens with one attached hydrogen (secondary N) is 1. The summed E-state index contributed by atoms with van der Waals surface area (Å²) in [4.78, 5) is 12.3. The number of benzene rings is 1. The van der Waals surface area contributed by atoms with E-state index >= 15 is 0 Å². The van der Waals surface area contributed by atoms with Crippen LogP contribution in [-0.4, -0.2) is 34.7 Å². The van der Waals surface area contributed by atoms with Gasteiger partial charge in [0.05, 0.1) is 0 Å². The van der Waals surface area contributed by atoms with Gasteiger partial charge in [0.1, 0.15) is 5.60 Å². The second kappa shape index (κ2) is 5.41. The summed E-state index contributed by atoms with van der Waals surface area (Å²) in [5.41, 5.74) is 0.265. The molecule has 0 aromatic heterocycles. The van der Waals surface area contributed by atoms with E-state index in [4.69, 9.17) is 0 Å². The fraction of sp³-hybridized carbons (Fsp3) is 0.562. The summed E-state index contributed by atoms with van der Waals surface area (Å²) in [6.07, 6.45) is 3.38. The average molecular weight is 291 g/mol. The van der Waals surface area contributed by atoms with Crippen LogP contribution in [0.5, 0.6) is 0 Å². The molecule has 3 nitrogen and oxygen atoms in total. The monoisotopic (exact) mass is 291 g/mol. The molecule has 1 amide bonds. The minimum Gasteiger partial charge on any atom is -0.380 e. The number of rotatable bonds is 4. The van der Waals surface area contributed by atoms with Gasteiger partial charge in [0, 0.05) is 12.0 Å². The number of hydrogen-bond acceptors (Lipinski definition) is 3. The molecule has 0 atom stereocenters. The highest BCUT2D eigenvalue weighted by molar-refractivity contribution is 7.99. The van der Waals surface area contributed by atoms with Crippen LogP contribution in [0.4, 0.5) is 0 Å². The van der Waals surface area contributed by atoms with Crippen molar-refractivity contribution in [1.82, 2.24) is 5.32 Å². The van der Waals surface area contributed by atoms with Gasteiger partial charge in [-0.15, -0.1) is 0 Å². The topological polar surface area (TPSA) is 49.3 Å². The van der Waals surface area contributed by atoms with Crippen LogP contribution in [0.3, 0.4) is 0 Å². The number of amides is 1. The van der Waals surface area contributed by atoms with E-state index in [0.717, 1.165) is 24.3 Å². The van der Waals surface area contributed by atoms with Crippen LogP contribution in [0.1, 0.15) is 31.2 Å². The molecule has 1 heterocycles. The number of carbonyl (C=O) groups excluding carboxylic acids is 1. The Kier molecular flexibility index (Phi) is 3.78. The molecule has 0 spiro atoms. The molecule has 3 rings (SSSR count). The Morgan fingerprint density at radius 2 is 1.80 bits per heavy atom. The first-order valence-electron chi connectivity index (χ1n) is 7.29. The van der Waals surface area contributed by atoms with Crippen LogP contribution in [0.25, 0.3) is 0 Å². The predicted molar refractivity (Wildman–Crippen MR) is 81.9 cm³/mol. The number of aliphatic hydroxyl groups is 1. The quantitative estimate of drug-likeness (QED) is 0.893. The first-order valence-corrected chi connectivity index (χ1v) is 8.44. The van der Waals surface area contributed by atoms with Gasteiger partial charge in [-0.05, 0) is 42.8 Å². The van der Waals surface area contributed by atoms with Crippen molar-refractivity contribution in [1.29, 1.82) is 0 Å². The second-order valence-electron chi connectivity index (χ2n) is 5.97. The van der Waals surface area contributed by atoms with Gasteiger partial charge in [0.2, 0.25) is 0 Å². The van der Waals surface area contributed by atoms with Crippen LogP contribution in [0, 0.1) is 0 Å². The van der Waals surface area contributed by atoms with E-state index in [2.05, 4.69) is 17.4 Å². The maximum absolute atomic E-state index is 12.3.